The Kier molecular flexibility index (Phi) is 3.70. The second-order valence-corrected chi connectivity index (χ2v) is 10.4. The van der Waals surface area contributed by atoms with Crippen LogP contribution in [0.5, 0.6) is 0 Å². The second-order valence-electron chi connectivity index (χ2n) is 10.4. The average molecular weight is 381 g/mol. The summed E-state index contributed by atoms with van der Waals surface area (Å²) >= 11 is 0. The summed E-state index contributed by atoms with van der Waals surface area (Å²) in [4.78, 5) is 18.2. The van der Waals surface area contributed by atoms with Crippen LogP contribution in [0.3, 0.4) is 0 Å². The summed E-state index contributed by atoms with van der Waals surface area (Å²) in [6.45, 7) is 4.17. The van der Waals surface area contributed by atoms with Gasteiger partial charge in [-0.05, 0) is 73.3 Å². The van der Waals surface area contributed by atoms with Crippen molar-refractivity contribution >= 4 is 11.6 Å². The van der Waals surface area contributed by atoms with E-state index in [0.29, 0.717) is 11.3 Å². The number of rotatable bonds is 4. The van der Waals surface area contributed by atoms with Crippen LogP contribution in [0.15, 0.2) is 24.3 Å². The summed E-state index contributed by atoms with van der Waals surface area (Å²) in [5.41, 5.74) is 3.08. The number of nitrogens with zero attached hydrogens (tertiary/aromatic N) is 2. The monoisotopic (exact) mass is 380 g/mol. The molecular formula is C24H32N2O2. The molecule has 1 spiro atoms. The van der Waals surface area contributed by atoms with Gasteiger partial charge >= 0.3 is 0 Å². The number of carbonyl (C=O) groups excluding carboxylic acids is 1. The Hall–Kier alpha value is -1.55. The van der Waals surface area contributed by atoms with Gasteiger partial charge in [-0.25, -0.2) is 0 Å². The smallest absolute Gasteiger partial charge is 0.228 e. The zero-order valence-corrected chi connectivity index (χ0v) is 17.0. The lowest BCUT2D eigenvalue weighted by Gasteiger charge is -2.49. The molecule has 1 aliphatic heterocycles. The Labute approximate surface area is 168 Å². The van der Waals surface area contributed by atoms with Gasteiger partial charge in [0.2, 0.25) is 5.91 Å². The highest BCUT2D eigenvalue weighted by Crippen LogP contribution is 2.79. The molecule has 3 bridgehead atoms. The highest BCUT2D eigenvalue weighted by molar-refractivity contribution is 5.84. The molecule has 150 valence electrons. The summed E-state index contributed by atoms with van der Waals surface area (Å²) < 4.78 is 5.53. The third kappa shape index (κ3) is 2.30. The highest BCUT2D eigenvalue weighted by Gasteiger charge is 2.72. The molecule has 1 aromatic rings. The summed E-state index contributed by atoms with van der Waals surface area (Å²) in [7, 11) is 2.04. The summed E-state index contributed by atoms with van der Waals surface area (Å²) in [5.74, 6) is 3.06. The van der Waals surface area contributed by atoms with Crippen LogP contribution in [0, 0.1) is 28.6 Å². The first-order chi connectivity index (χ1) is 13.6. The number of anilines is 1. The zero-order valence-electron chi connectivity index (χ0n) is 17.0. The van der Waals surface area contributed by atoms with E-state index in [4.69, 9.17) is 4.74 Å². The van der Waals surface area contributed by atoms with Crippen LogP contribution in [-0.2, 0) is 16.1 Å². The number of hydrogen-bond donors (Lipinski definition) is 0. The predicted octanol–water partition coefficient (Wildman–Crippen LogP) is 3.70. The van der Waals surface area contributed by atoms with Crippen LogP contribution in [0.25, 0.3) is 0 Å². The van der Waals surface area contributed by atoms with Crippen molar-refractivity contribution in [3.63, 3.8) is 0 Å². The van der Waals surface area contributed by atoms with Crippen molar-refractivity contribution in [2.24, 2.45) is 28.6 Å². The topological polar surface area (TPSA) is 32.8 Å². The van der Waals surface area contributed by atoms with Crippen molar-refractivity contribution in [2.45, 2.75) is 45.1 Å². The fourth-order valence-electron chi connectivity index (χ4n) is 8.10. The Bertz CT molecular complexity index is 800. The third-order valence-electron chi connectivity index (χ3n) is 9.02. The maximum atomic E-state index is 13.7. The molecule has 5 atom stereocenters. The van der Waals surface area contributed by atoms with Crippen LogP contribution in [-0.4, -0.2) is 44.2 Å². The molecule has 5 unspecified atom stereocenters. The Morgan fingerprint density at radius 1 is 1.14 bits per heavy atom. The number of amides is 1. The first-order valence-electron chi connectivity index (χ1n) is 11.3. The fourth-order valence-corrected chi connectivity index (χ4v) is 8.10. The molecule has 4 saturated carbocycles. The van der Waals surface area contributed by atoms with Gasteiger partial charge in [-0.2, -0.15) is 0 Å². The van der Waals surface area contributed by atoms with Gasteiger partial charge in [0, 0.05) is 32.4 Å². The highest BCUT2D eigenvalue weighted by atomic mass is 16.5. The maximum Gasteiger partial charge on any atom is 0.228 e. The maximum absolute atomic E-state index is 13.7. The summed E-state index contributed by atoms with van der Waals surface area (Å²) in [6.07, 6.45) is 7.79. The first-order valence-corrected chi connectivity index (χ1v) is 11.3. The minimum absolute atomic E-state index is 0.0402. The number of fused-ring (bicyclic) bond motifs is 2. The predicted molar refractivity (Wildman–Crippen MR) is 109 cm³/mol. The normalized spacial score (nSPS) is 40.3. The van der Waals surface area contributed by atoms with Crippen LogP contribution < -0.4 is 4.90 Å². The van der Waals surface area contributed by atoms with Crippen LogP contribution >= 0.6 is 0 Å². The van der Waals surface area contributed by atoms with E-state index in [2.05, 4.69) is 34.1 Å². The molecule has 5 fully saturated rings. The molecule has 0 N–H and O–H groups in total. The second kappa shape index (κ2) is 5.98. The molecule has 4 nitrogen and oxygen atoms in total. The zero-order chi connectivity index (χ0) is 18.9. The molecule has 1 heterocycles. The van der Waals surface area contributed by atoms with E-state index in [9.17, 15) is 4.79 Å². The summed E-state index contributed by atoms with van der Waals surface area (Å²) in [5, 5.41) is 0. The van der Waals surface area contributed by atoms with Gasteiger partial charge in [0.25, 0.3) is 0 Å². The van der Waals surface area contributed by atoms with Crippen molar-refractivity contribution in [3.05, 3.63) is 29.8 Å². The molecule has 4 aliphatic carbocycles. The molecule has 1 amide bonds. The Balaban J connectivity index is 1.23. The van der Waals surface area contributed by atoms with Gasteiger partial charge in [-0.3, -0.25) is 4.79 Å². The lowest BCUT2D eigenvalue weighted by molar-refractivity contribution is -0.143. The number of benzene rings is 1. The van der Waals surface area contributed by atoms with Gasteiger partial charge in [0.15, 0.2) is 0 Å². The lowest BCUT2D eigenvalue weighted by Crippen LogP contribution is -2.44. The van der Waals surface area contributed by atoms with Crippen LogP contribution in [0.1, 0.15) is 44.1 Å². The van der Waals surface area contributed by atoms with Crippen molar-refractivity contribution in [2.75, 3.05) is 38.3 Å². The molecule has 4 heteroatoms. The largest absolute Gasteiger partial charge is 0.378 e. The standard InChI is InChI=1S/C24H32N2O2/c1-25(15-18-4-2-3-5-21(18)26-6-8-28-9-7-26)22(27)23-12-17-10-19-11-20(14-23)24(19,13-17)16-23/h2-5,17,19-20H,6-16H2,1H3. The van der Waals surface area contributed by atoms with E-state index < -0.39 is 0 Å². The van der Waals surface area contributed by atoms with E-state index in [-0.39, 0.29) is 5.41 Å². The van der Waals surface area contributed by atoms with Crippen LogP contribution in [0.2, 0.25) is 0 Å². The van der Waals surface area contributed by atoms with E-state index in [1.165, 1.54) is 43.4 Å². The van der Waals surface area contributed by atoms with E-state index in [1.807, 2.05) is 7.05 Å². The molecule has 6 rings (SSSR count). The number of hydrogen-bond acceptors (Lipinski definition) is 3. The molecule has 5 aliphatic rings. The minimum Gasteiger partial charge on any atom is -0.378 e. The van der Waals surface area contributed by atoms with E-state index in [1.54, 1.807) is 0 Å². The number of carbonyl (C=O) groups is 1. The van der Waals surface area contributed by atoms with Crippen molar-refractivity contribution in [3.8, 4) is 0 Å². The SMILES string of the molecule is CN(Cc1ccccc1N1CCOCC1)C(=O)C12CC3CC4CC(C1)C4(C3)C2. The quantitative estimate of drug-likeness (QED) is 0.798. The molecule has 0 aromatic heterocycles. The van der Waals surface area contributed by atoms with E-state index in [0.717, 1.165) is 57.0 Å². The first kappa shape index (κ1) is 17.3. The Morgan fingerprint density at radius 2 is 1.96 bits per heavy atom. The van der Waals surface area contributed by atoms with Gasteiger partial charge in [0.05, 0.1) is 18.6 Å². The number of morpholine rings is 1. The molecule has 28 heavy (non-hydrogen) atoms. The fraction of sp³-hybridized carbons (Fsp3) is 0.708. The van der Waals surface area contributed by atoms with Crippen molar-refractivity contribution in [1.82, 2.24) is 4.90 Å². The third-order valence-corrected chi connectivity index (χ3v) is 9.02. The van der Waals surface area contributed by atoms with E-state index >= 15 is 0 Å². The van der Waals surface area contributed by atoms with Gasteiger partial charge in [-0.1, -0.05) is 18.2 Å². The molecule has 1 aromatic carbocycles. The van der Waals surface area contributed by atoms with Gasteiger partial charge in [0.1, 0.15) is 0 Å². The van der Waals surface area contributed by atoms with Gasteiger partial charge < -0.3 is 14.5 Å². The van der Waals surface area contributed by atoms with Gasteiger partial charge in [-0.15, -0.1) is 0 Å². The minimum atomic E-state index is -0.0402. The number of para-hydroxylation sites is 1. The summed E-state index contributed by atoms with van der Waals surface area (Å²) in [6, 6.07) is 8.62. The molecule has 1 saturated heterocycles. The Morgan fingerprint density at radius 3 is 2.82 bits per heavy atom. The average Bonchev–Trinajstić information content (AvgIpc) is 3.03. The van der Waals surface area contributed by atoms with Crippen molar-refractivity contribution < 1.29 is 9.53 Å². The lowest BCUT2D eigenvalue weighted by atomic mass is 9.55. The van der Waals surface area contributed by atoms with Crippen LogP contribution in [0.4, 0.5) is 5.69 Å². The molecular weight excluding hydrogens is 348 g/mol. The number of ether oxygens (including phenoxy) is 1. The van der Waals surface area contributed by atoms with Crippen molar-refractivity contribution in [1.29, 1.82) is 0 Å². The molecule has 0 radical (unpaired) electrons.